The first-order chi connectivity index (χ1) is 6.90. The summed E-state index contributed by atoms with van der Waals surface area (Å²) in [6, 6.07) is 0. The molecule has 1 saturated heterocycles. The van der Waals surface area contributed by atoms with Crippen molar-refractivity contribution in [1.29, 1.82) is 0 Å². The predicted octanol–water partition coefficient (Wildman–Crippen LogP) is 1.15. The van der Waals surface area contributed by atoms with E-state index in [0.717, 1.165) is 31.0 Å². The first-order valence-corrected chi connectivity index (χ1v) is 5.25. The van der Waals surface area contributed by atoms with Crippen LogP contribution in [0, 0.1) is 0 Å². The van der Waals surface area contributed by atoms with Crippen LogP contribution in [0.15, 0.2) is 6.20 Å². The highest BCUT2D eigenvalue weighted by Crippen LogP contribution is 2.26. The van der Waals surface area contributed by atoms with E-state index in [4.69, 9.17) is 10.5 Å². The van der Waals surface area contributed by atoms with Gasteiger partial charge in [0.25, 0.3) is 0 Å². The van der Waals surface area contributed by atoms with Gasteiger partial charge >= 0.3 is 0 Å². The zero-order valence-electron chi connectivity index (χ0n) is 8.33. The molecule has 4 nitrogen and oxygen atoms in total. The minimum atomic E-state index is 0.225. The Morgan fingerprint density at radius 2 is 2.50 bits per heavy atom. The average molecular weight is 195 g/mol. The molecule has 1 aromatic heterocycles. The zero-order valence-corrected chi connectivity index (χ0v) is 8.33. The van der Waals surface area contributed by atoms with E-state index in [2.05, 4.69) is 9.97 Å². The highest BCUT2D eigenvalue weighted by molar-refractivity contribution is 5.05. The van der Waals surface area contributed by atoms with E-state index in [9.17, 15) is 0 Å². The third kappa shape index (κ3) is 2.13. The molecule has 0 aromatic carbocycles. The monoisotopic (exact) mass is 195 g/mol. The van der Waals surface area contributed by atoms with Gasteiger partial charge in [0.15, 0.2) is 0 Å². The van der Waals surface area contributed by atoms with Crippen molar-refractivity contribution in [2.24, 2.45) is 5.73 Å². The van der Waals surface area contributed by atoms with Crippen LogP contribution in [0.25, 0.3) is 0 Å². The fraction of sp³-hybridized carbons (Fsp3) is 0.700. The molecule has 0 amide bonds. The molecule has 0 radical (unpaired) electrons. The Hall–Kier alpha value is -0.870. The molecule has 1 atom stereocenters. The largest absolute Gasteiger partial charge is 0.372 e. The number of hydrogen-bond donors (Lipinski definition) is 2. The Balaban J connectivity index is 2.00. The maximum Gasteiger partial charge on any atom is 0.107 e. The lowest BCUT2D eigenvalue weighted by Gasteiger charge is -2.20. The highest BCUT2D eigenvalue weighted by atomic mass is 16.5. The van der Waals surface area contributed by atoms with E-state index in [0.29, 0.717) is 6.54 Å². The van der Waals surface area contributed by atoms with Crippen molar-refractivity contribution in [2.75, 3.05) is 13.2 Å². The van der Waals surface area contributed by atoms with Gasteiger partial charge < -0.3 is 15.5 Å². The van der Waals surface area contributed by atoms with Gasteiger partial charge in [0.2, 0.25) is 0 Å². The van der Waals surface area contributed by atoms with Crippen LogP contribution >= 0.6 is 0 Å². The fourth-order valence-electron chi connectivity index (χ4n) is 1.79. The molecule has 0 aliphatic carbocycles. The maximum absolute atomic E-state index is 5.65. The fourth-order valence-corrected chi connectivity index (χ4v) is 1.79. The molecule has 0 saturated carbocycles. The quantitative estimate of drug-likeness (QED) is 0.760. The first-order valence-electron chi connectivity index (χ1n) is 5.25. The van der Waals surface area contributed by atoms with Gasteiger partial charge in [-0.1, -0.05) is 0 Å². The third-order valence-corrected chi connectivity index (χ3v) is 2.56. The second-order valence-electron chi connectivity index (χ2n) is 3.68. The second kappa shape index (κ2) is 4.57. The molecule has 2 heterocycles. The standard InChI is InChI=1S/C10H17N3O/c11-5-4-10-12-7-8(13-10)9-3-1-2-6-14-9/h7,9H,1-6,11H2,(H,12,13). The van der Waals surface area contributed by atoms with Gasteiger partial charge in [0.05, 0.1) is 18.0 Å². The molecule has 1 aromatic rings. The lowest BCUT2D eigenvalue weighted by atomic mass is 10.1. The Labute approximate surface area is 83.9 Å². The lowest BCUT2D eigenvalue weighted by molar-refractivity contribution is 0.0125. The van der Waals surface area contributed by atoms with Gasteiger partial charge in [-0.15, -0.1) is 0 Å². The van der Waals surface area contributed by atoms with Crippen LogP contribution < -0.4 is 5.73 Å². The van der Waals surface area contributed by atoms with E-state index in [1.54, 1.807) is 0 Å². The molecule has 0 bridgehead atoms. The Morgan fingerprint density at radius 1 is 1.57 bits per heavy atom. The first kappa shape index (κ1) is 9.68. The predicted molar refractivity (Wildman–Crippen MR) is 53.9 cm³/mol. The van der Waals surface area contributed by atoms with E-state index < -0.39 is 0 Å². The molecule has 1 fully saturated rings. The van der Waals surface area contributed by atoms with E-state index in [-0.39, 0.29) is 6.10 Å². The number of nitrogens with zero attached hydrogens (tertiary/aromatic N) is 1. The number of imidazole rings is 1. The molecule has 3 N–H and O–H groups in total. The van der Waals surface area contributed by atoms with Crippen LogP contribution in [-0.2, 0) is 11.2 Å². The number of hydrogen-bond acceptors (Lipinski definition) is 3. The molecule has 1 aliphatic heterocycles. The van der Waals surface area contributed by atoms with E-state index >= 15 is 0 Å². The lowest BCUT2D eigenvalue weighted by Crippen LogP contribution is -2.12. The summed E-state index contributed by atoms with van der Waals surface area (Å²) in [7, 11) is 0. The number of aromatic amines is 1. The van der Waals surface area contributed by atoms with E-state index in [1.807, 2.05) is 6.20 Å². The minimum absolute atomic E-state index is 0.225. The maximum atomic E-state index is 5.65. The second-order valence-corrected chi connectivity index (χ2v) is 3.68. The summed E-state index contributed by atoms with van der Waals surface area (Å²) in [5.41, 5.74) is 6.56. The molecule has 1 aliphatic rings. The van der Waals surface area contributed by atoms with Crippen molar-refractivity contribution in [3.05, 3.63) is 17.7 Å². The summed E-state index contributed by atoms with van der Waals surface area (Å²) in [6.45, 7) is 1.51. The summed E-state index contributed by atoms with van der Waals surface area (Å²) in [5, 5.41) is 0. The van der Waals surface area contributed by atoms with Crippen molar-refractivity contribution >= 4 is 0 Å². The number of ether oxygens (including phenoxy) is 1. The molecule has 4 heteroatoms. The Morgan fingerprint density at radius 3 is 3.21 bits per heavy atom. The van der Waals surface area contributed by atoms with Gasteiger partial charge in [-0.05, 0) is 25.8 Å². The highest BCUT2D eigenvalue weighted by Gasteiger charge is 2.17. The molecular weight excluding hydrogens is 178 g/mol. The minimum Gasteiger partial charge on any atom is -0.372 e. The van der Waals surface area contributed by atoms with Crippen LogP contribution in [0.5, 0.6) is 0 Å². The molecule has 78 valence electrons. The summed E-state index contributed by atoms with van der Waals surface area (Å²) >= 11 is 0. The van der Waals surface area contributed by atoms with Crippen LogP contribution in [-0.4, -0.2) is 23.1 Å². The Bertz CT molecular complexity index is 279. The number of rotatable bonds is 3. The van der Waals surface area contributed by atoms with Crippen molar-refractivity contribution < 1.29 is 4.74 Å². The van der Waals surface area contributed by atoms with Crippen molar-refractivity contribution in [3.63, 3.8) is 0 Å². The zero-order chi connectivity index (χ0) is 9.80. The molecule has 1 unspecified atom stereocenters. The smallest absolute Gasteiger partial charge is 0.107 e. The van der Waals surface area contributed by atoms with Crippen LogP contribution in [0.4, 0.5) is 0 Å². The van der Waals surface area contributed by atoms with E-state index in [1.165, 1.54) is 12.8 Å². The average Bonchev–Trinajstić information content (AvgIpc) is 2.68. The van der Waals surface area contributed by atoms with Crippen LogP contribution in [0.1, 0.15) is 36.9 Å². The number of H-pyrrole nitrogens is 1. The van der Waals surface area contributed by atoms with Gasteiger partial charge in [0.1, 0.15) is 5.82 Å². The van der Waals surface area contributed by atoms with Crippen molar-refractivity contribution in [3.8, 4) is 0 Å². The number of aromatic nitrogens is 2. The number of nitrogens with two attached hydrogens (primary N) is 1. The summed E-state index contributed by atoms with van der Waals surface area (Å²) in [6.07, 6.45) is 6.44. The summed E-state index contributed by atoms with van der Waals surface area (Å²) in [4.78, 5) is 7.53. The van der Waals surface area contributed by atoms with Gasteiger partial charge in [-0.3, -0.25) is 0 Å². The SMILES string of the molecule is NCCc1ncc(C2CCCCO2)[nH]1. The third-order valence-electron chi connectivity index (χ3n) is 2.56. The normalized spacial score (nSPS) is 22.5. The van der Waals surface area contributed by atoms with Crippen molar-refractivity contribution in [2.45, 2.75) is 31.8 Å². The molecular formula is C10H17N3O. The topological polar surface area (TPSA) is 63.9 Å². The van der Waals surface area contributed by atoms with Gasteiger partial charge in [-0.25, -0.2) is 4.98 Å². The van der Waals surface area contributed by atoms with Crippen LogP contribution in [0.2, 0.25) is 0 Å². The molecule has 2 rings (SSSR count). The van der Waals surface area contributed by atoms with Gasteiger partial charge in [-0.2, -0.15) is 0 Å². The van der Waals surface area contributed by atoms with Crippen LogP contribution in [0.3, 0.4) is 0 Å². The summed E-state index contributed by atoms with van der Waals surface area (Å²) in [5.74, 6) is 0.969. The Kier molecular flexibility index (Phi) is 3.16. The molecule has 0 spiro atoms. The molecule has 14 heavy (non-hydrogen) atoms. The summed E-state index contributed by atoms with van der Waals surface area (Å²) < 4.78 is 5.65. The van der Waals surface area contributed by atoms with Gasteiger partial charge in [0, 0.05) is 13.0 Å². The number of nitrogens with one attached hydrogen (secondary N) is 1. The van der Waals surface area contributed by atoms with Crippen molar-refractivity contribution in [1.82, 2.24) is 9.97 Å².